The largest absolute Gasteiger partial charge is 0.497 e. The quantitative estimate of drug-likeness (QED) is 0.761. The van der Waals surface area contributed by atoms with Crippen molar-refractivity contribution in [3.05, 3.63) is 59.7 Å². The molecule has 1 atom stereocenters. The first-order valence-electron chi connectivity index (χ1n) is 8.35. The topological polar surface area (TPSA) is 76.7 Å². The Hall–Kier alpha value is -3.02. The lowest BCUT2D eigenvalue weighted by molar-refractivity contribution is -0.126. The number of methoxy groups -OCH3 is 2. The summed E-state index contributed by atoms with van der Waals surface area (Å²) >= 11 is 0. The summed E-state index contributed by atoms with van der Waals surface area (Å²) < 4.78 is 10.6. The van der Waals surface area contributed by atoms with Crippen LogP contribution in [0.2, 0.25) is 0 Å². The van der Waals surface area contributed by atoms with Crippen LogP contribution in [-0.2, 0) is 16.0 Å². The lowest BCUT2D eigenvalue weighted by Crippen LogP contribution is -2.38. The third-order valence-corrected chi connectivity index (χ3v) is 3.93. The molecule has 6 nitrogen and oxygen atoms in total. The molecule has 138 valence electrons. The van der Waals surface area contributed by atoms with Gasteiger partial charge in [0.1, 0.15) is 11.5 Å². The van der Waals surface area contributed by atoms with Gasteiger partial charge in [-0.05, 0) is 30.7 Å². The van der Waals surface area contributed by atoms with Crippen molar-refractivity contribution in [3.8, 4) is 11.5 Å². The first kappa shape index (κ1) is 19.3. The van der Waals surface area contributed by atoms with Crippen molar-refractivity contribution in [2.24, 2.45) is 0 Å². The molecule has 0 aromatic heterocycles. The molecular formula is C20H24N2O4. The SMILES string of the molecule is COc1ccc(OC)c([C@H](C)NC(=O)CNC(=O)Cc2ccccc2)c1. The van der Waals surface area contributed by atoms with Gasteiger partial charge < -0.3 is 20.1 Å². The number of rotatable bonds is 8. The molecular weight excluding hydrogens is 332 g/mol. The van der Waals surface area contributed by atoms with Crippen LogP contribution in [0, 0.1) is 0 Å². The molecule has 6 heteroatoms. The predicted molar refractivity (Wildman–Crippen MR) is 99.3 cm³/mol. The minimum absolute atomic E-state index is 0.0811. The maximum Gasteiger partial charge on any atom is 0.239 e. The molecule has 2 rings (SSSR count). The van der Waals surface area contributed by atoms with Crippen LogP contribution in [-0.4, -0.2) is 32.6 Å². The molecule has 0 aliphatic carbocycles. The molecule has 0 aliphatic rings. The van der Waals surface area contributed by atoms with E-state index in [1.54, 1.807) is 26.4 Å². The Labute approximate surface area is 153 Å². The van der Waals surface area contributed by atoms with E-state index in [1.807, 2.05) is 43.3 Å². The standard InChI is InChI=1S/C20H24N2O4/c1-14(17-12-16(25-2)9-10-18(17)26-3)22-20(24)13-21-19(23)11-15-7-5-4-6-8-15/h4-10,12,14H,11,13H2,1-3H3,(H,21,23)(H,22,24)/t14-/m0/s1. The smallest absolute Gasteiger partial charge is 0.239 e. The molecule has 26 heavy (non-hydrogen) atoms. The van der Waals surface area contributed by atoms with Gasteiger partial charge in [-0.2, -0.15) is 0 Å². The van der Waals surface area contributed by atoms with Crippen molar-refractivity contribution in [2.45, 2.75) is 19.4 Å². The van der Waals surface area contributed by atoms with E-state index in [2.05, 4.69) is 10.6 Å². The predicted octanol–water partition coefficient (Wildman–Crippen LogP) is 2.24. The van der Waals surface area contributed by atoms with Gasteiger partial charge in [0.05, 0.1) is 33.2 Å². The minimum Gasteiger partial charge on any atom is -0.497 e. The van der Waals surface area contributed by atoms with Crippen molar-refractivity contribution in [2.75, 3.05) is 20.8 Å². The molecule has 0 saturated carbocycles. The highest BCUT2D eigenvalue weighted by Crippen LogP contribution is 2.29. The first-order chi connectivity index (χ1) is 12.5. The van der Waals surface area contributed by atoms with Crippen molar-refractivity contribution in [3.63, 3.8) is 0 Å². The Morgan fingerprint density at radius 1 is 1.00 bits per heavy atom. The van der Waals surface area contributed by atoms with Gasteiger partial charge in [0.2, 0.25) is 11.8 Å². The van der Waals surface area contributed by atoms with E-state index >= 15 is 0 Å². The molecule has 2 aromatic carbocycles. The molecule has 0 spiro atoms. The van der Waals surface area contributed by atoms with Gasteiger partial charge in [-0.1, -0.05) is 30.3 Å². The average molecular weight is 356 g/mol. The second-order valence-corrected chi connectivity index (χ2v) is 5.84. The van der Waals surface area contributed by atoms with Crippen LogP contribution < -0.4 is 20.1 Å². The van der Waals surface area contributed by atoms with E-state index < -0.39 is 0 Å². The second kappa shape index (κ2) is 9.46. The summed E-state index contributed by atoms with van der Waals surface area (Å²) in [6, 6.07) is 14.5. The van der Waals surface area contributed by atoms with Crippen LogP contribution >= 0.6 is 0 Å². The third kappa shape index (κ3) is 5.51. The number of carbonyl (C=O) groups is 2. The molecule has 0 fully saturated rings. The fraction of sp³-hybridized carbons (Fsp3) is 0.300. The van der Waals surface area contributed by atoms with Crippen LogP contribution in [0.25, 0.3) is 0 Å². The Balaban J connectivity index is 1.88. The summed E-state index contributed by atoms with van der Waals surface area (Å²) in [5, 5.41) is 5.48. The molecule has 0 unspecified atom stereocenters. The van der Waals surface area contributed by atoms with Crippen LogP contribution in [0.1, 0.15) is 24.1 Å². The minimum atomic E-state index is -0.293. The summed E-state index contributed by atoms with van der Waals surface area (Å²) in [5.74, 6) is 0.867. The van der Waals surface area contributed by atoms with E-state index in [9.17, 15) is 9.59 Å². The van der Waals surface area contributed by atoms with Gasteiger partial charge in [0.25, 0.3) is 0 Å². The molecule has 0 bridgehead atoms. The van der Waals surface area contributed by atoms with Crippen molar-refractivity contribution < 1.29 is 19.1 Å². The Kier molecular flexibility index (Phi) is 7.02. The summed E-state index contributed by atoms with van der Waals surface area (Å²) in [6.45, 7) is 1.77. The lowest BCUT2D eigenvalue weighted by Gasteiger charge is -2.18. The Morgan fingerprint density at radius 3 is 2.38 bits per heavy atom. The molecule has 0 radical (unpaired) electrons. The fourth-order valence-corrected chi connectivity index (χ4v) is 2.57. The summed E-state index contributed by atoms with van der Waals surface area (Å²) in [5.41, 5.74) is 1.70. The molecule has 0 aliphatic heterocycles. The monoisotopic (exact) mass is 356 g/mol. The third-order valence-electron chi connectivity index (χ3n) is 3.93. The van der Waals surface area contributed by atoms with Gasteiger partial charge in [0.15, 0.2) is 0 Å². The summed E-state index contributed by atoms with van der Waals surface area (Å²) in [6.07, 6.45) is 0.243. The normalized spacial score (nSPS) is 11.3. The number of hydrogen-bond donors (Lipinski definition) is 2. The zero-order valence-corrected chi connectivity index (χ0v) is 15.2. The number of nitrogens with one attached hydrogen (secondary N) is 2. The number of benzene rings is 2. The molecule has 2 aromatic rings. The molecule has 2 amide bonds. The fourth-order valence-electron chi connectivity index (χ4n) is 2.57. The summed E-state index contributed by atoms with van der Waals surface area (Å²) in [7, 11) is 3.15. The van der Waals surface area contributed by atoms with Gasteiger partial charge >= 0.3 is 0 Å². The van der Waals surface area contributed by atoms with Gasteiger partial charge in [-0.3, -0.25) is 9.59 Å². The van der Waals surface area contributed by atoms with Crippen LogP contribution in [0.5, 0.6) is 11.5 Å². The van der Waals surface area contributed by atoms with Crippen molar-refractivity contribution in [1.29, 1.82) is 0 Å². The Morgan fingerprint density at radius 2 is 1.73 bits per heavy atom. The van der Waals surface area contributed by atoms with Crippen LogP contribution in [0.3, 0.4) is 0 Å². The highest BCUT2D eigenvalue weighted by Gasteiger charge is 2.15. The maximum absolute atomic E-state index is 12.1. The molecule has 0 saturated heterocycles. The second-order valence-electron chi connectivity index (χ2n) is 5.84. The zero-order chi connectivity index (χ0) is 18.9. The van der Waals surface area contributed by atoms with Gasteiger partial charge in [-0.25, -0.2) is 0 Å². The number of hydrogen-bond acceptors (Lipinski definition) is 4. The molecule has 0 heterocycles. The van der Waals surface area contributed by atoms with E-state index in [0.29, 0.717) is 11.5 Å². The van der Waals surface area contributed by atoms with Crippen LogP contribution in [0.15, 0.2) is 48.5 Å². The van der Waals surface area contributed by atoms with E-state index in [0.717, 1.165) is 11.1 Å². The number of ether oxygens (including phenoxy) is 2. The highest BCUT2D eigenvalue weighted by molar-refractivity contribution is 5.85. The van der Waals surface area contributed by atoms with Gasteiger partial charge in [0, 0.05) is 5.56 Å². The average Bonchev–Trinajstić information content (AvgIpc) is 2.66. The van der Waals surface area contributed by atoms with Crippen LogP contribution in [0.4, 0.5) is 0 Å². The Bertz CT molecular complexity index is 747. The first-order valence-corrected chi connectivity index (χ1v) is 8.35. The highest BCUT2D eigenvalue weighted by atomic mass is 16.5. The van der Waals surface area contributed by atoms with E-state index in [4.69, 9.17) is 9.47 Å². The summed E-state index contributed by atoms with van der Waals surface area (Å²) in [4.78, 5) is 24.1. The number of amides is 2. The molecule has 2 N–H and O–H groups in total. The lowest BCUT2D eigenvalue weighted by atomic mass is 10.1. The van der Waals surface area contributed by atoms with E-state index in [-0.39, 0.29) is 30.8 Å². The van der Waals surface area contributed by atoms with Crippen molar-refractivity contribution >= 4 is 11.8 Å². The van der Waals surface area contributed by atoms with Crippen molar-refractivity contribution in [1.82, 2.24) is 10.6 Å². The zero-order valence-electron chi connectivity index (χ0n) is 15.2. The number of carbonyl (C=O) groups excluding carboxylic acids is 2. The van der Waals surface area contributed by atoms with E-state index in [1.165, 1.54) is 0 Å². The van der Waals surface area contributed by atoms with Gasteiger partial charge in [-0.15, -0.1) is 0 Å². The maximum atomic E-state index is 12.1.